The summed E-state index contributed by atoms with van der Waals surface area (Å²) in [5.74, 6) is -0.00580. The summed E-state index contributed by atoms with van der Waals surface area (Å²) in [6.45, 7) is 5.71. The summed E-state index contributed by atoms with van der Waals surface area (Å²) in [4.78, 5) is 54.9. The number of benzene rings is 2. The summed E-state index contributed by atoms with van der Waals surface area (Å²) in [5, 5.41) is 7.75. The molecule has 2 aromatic rings. The Kier molecular flexibility index (Phi) is 10.7. The maximum atomic E-state index is 13.6. The van der Waals surface area contributed by atoms with Crippen LogP contribution in [-0.2, 0) is 14.4 Å². The third-order valence-corrected chi connectivity index (χ3v) is 8.13. The van der Waals surface area contributed by atoms with E-state index < -0.39 is 6.04 Å². The molecule has 0 bridgehead atoms. The number of carbonyl (C=O) groups is 4. The largest absolute Gasteiger partial charge is 0.353 e. The minimum atomic E-state index is -0.605. The Hall–Kier alpha value is -3.68. The molecule has 214 valence electrons. The molecule has 1 aliphatic heterocycles. The Morgan fingerprint density at radius 2 is 1.60 bits per heavy atom. The first kappa shape index (κ1) is 29.3. The van der Waals surface area contributed by atoms with Crippen molar-refractivity contribution >= 4 is 34.4 Å². The summed E-state index contributed by atoms with van der Waals surface area (Å²) < 4.78 is 0. The minimum Gasteiger partial charge on any atom is -0.353 e. The Bertz CT molecular complexity index is 1190. The number of nitrogens with zero attached hydrogens (tertiary/aromatic N) is 2. The van der Waals surface area contributed by atoms with Crippen LogP contribution < -0.4 is 10.6 Å². The van der Waals surface area contributed by atoms with Crippen LogP contribution in [0, 0.1) is 5.92 Å². The normalized spacial score (nSPS) is 16.8. The molecule has 4 rings (SSSR count). The van der Waals surface area contributed by atoms with E-state index >= 15 is 0 Å². The van der Waals surface area contributed by atoms with Crippen molar-refractivity contribution in [3.05, 3.63) is 60.7 Å². The minimum absolute atomic E-state index is 0.0252. The monoisotopic (exact) mass is 546 g/mol. The molecule has 1 saturated carbocycles. The summed E-state index contributed by atoms with van der Waals surface area (Å²) in [6.07, 6.45) is 9.31. The SMILES string of the molecule is C=CC(=O)NCCCCC(NC(=O)CC1CCCCC1)C(=O)N1CCN(C(=O)c2cccc3ccccc23)CC1. The van der Waals surface area contributed by atoms with E-state index in [0.717, 1.165) is 23.6 Å². The van der Waals surface area contributed by atoms with E-state index in [1.807, 2.05) is 47.4 Å². The molecule has 1 heterocycles. The van der Waals surface area contributed by atoms with Crippen molar-refractivity contribution in [2.45, 2.75) is 63.8 Å². The molecule has 0 spiro atoms. The summed E-state index contributed by atoms with van der Waals surface area (Å²) >= 11 is 0. The molecule has 2 aliphatic rings. The van der Waals surface area contributed by atoms with Gasteiger partial charge in [0.15, 0.2) is 0 Å². The molecule has 8 nitrogen and oxygen atoms in total. The number of unbranched alkanes of at least 4 members (excludes halogenated alkanes) is 1. The lowest BCUT2D eigenvalue weighted by Gasteiger charge is -2.37. The van der Waals surface area contributed by atoms with Gasteiger partial charge in [-0.05, 0) is 60.9 Å². The third-order valence-electron chi connectivity index (χ3n) is 8.13. The number of fused-ring (bicyclic) bond motifs is 1. The number of hydrogen-bond donors (Lipinski definition) is 2. The average molecular weight is 547 g/mol. The molecule has 1 unspecified atom stereocenters. The fraction of sp³-hybridized carbons (Fsp3) is 0.500. The van der Waals surface area contributed by atoms with E-state index in [4.69, 9.17) is 0 Å². The van der Waals surface area contributed by atoms with Gasteiger partial charge in [0.1, 0.15) is 6.04 Å². The Morgan fingerprint density at radius 3 is 2.35 bits per heavy atom. The fourth-order valence-corrected chi connectivity index (χ4v) is 5.85. The first-order valence-electron chi connectivity index (χ1n) is 14.7. The molecule has 4 amide bonds. The number of hydrogen-bond acceptors (Lipinski definition) is 4. The van der Waals surface area contributed by atoms with Gasteiger partial charge in [-0.1, -0.05) is 62.2 Å². The van der Waals surface area contributed by atoms with Crippen LogP contribution in [0.25, 0.3) is 10.8 Å². The summed E-state index contributed by atoms with van der Waals surface area (Å²) in [5.41, 5.74) is 0.675. The standard InChI is InChI=1S/C32H42N4O4/c1-2-29(37)33-18-9-8-17-28(34-30(38)23-24-11-4-3-5-12-24)32(40)36-21-19-35(20-22-36)31(39)27-16-10-14-25-13-6-7-15-26(25)27/h2,6-7,10,13-16,24,28H,1,3-5,8-9,11-12,17-23H2,(H,33,37)(H,34,38). The lowest BCUT2D eigenvalue weighted by molar-refractivity contribution is -0.138. The summed E-state index contributed by atoms with van der Waals surface area (Å²) in [6, 6.07) is 13.0. The molecule has 2 fully saturated rings. The molecule has 0 radical (unpaired) electrons. The van der Waals surface area contributed by atoms with E-state index in [2.05, 4.69) is 17.2 Å². The van der Waals surface area contributed by atoms with Crippen LogP contribution in [-0.4, -0.2) is 72.2 Å². The first-order chi connectivity index (χ1) is 19.5. The zero-order chi connectivity index (χ0) is 28.3. The van der Waals surface area contributed by atoms with Crippen LogP contribution in [0.5, 0.6) is 0 Å². The van der Waals surface area contributed by atoms with E-state index in [1.54, 1.807) is 4.90 Å². The van der Waals surface area contributed by atoms with E-state index in [1.165, 1.54) is 25.3 Å². The zero-order valence-corrected chi connectivity index (χ0v) is 23.4. The van der Waals surface area contributed by atoms with Crippen molar-refractivity contribution < 1.29 is 19.2 Å². The van der Waals surface area contributed by atoms with Crippen LogP contribution in [0.2, 0.25) is 0 Å². The predicted molar refractivity (Wildman–Crippen MR) is 157 cm³/mol. The van der Waals surface area contributed by atoms with Crippen molar-refractivity contribution in [2.24, 2.45) is 5.92 Å². The lowest BCUT2D eigenvalue weighted by atomic mass is 9.87. The number of carbonyl (C=O) groups excluding carboxylic acids is 4. The fourth-order valence-electron chi connectivity index (χ4n) is 5.85. The average Bonchev–Trinajstić information content (AvgIpc) is 2.99. The summed E-state index contributed by atoms with van der Waals surface area (Å²) in [7, 11) is 0. The highest BCUT2D eigenvalue weighted by Gasteiger charge is 2.31. The van der Waals surface area contributed by atoms with Gasteiger partial charge < -0.3 is 20.4 Å². The highest BCUT2D eigenvalue weighted by Crippen LogP contribution is 2.26. The highest BCUT2D eigenvalue weighted by atomic mass is 16.2. The molecule has 40 heavy (non-hydrogen) atoms. The van der Waals surface area contributed by atoms with Gasteiger partial charge in [-0.25, -0.2) is 0 Å². The van der Waals surface area contributed by atoms with E-state index in [9.17, 15) is 19.2 Å². The van der Waals surface area contributed by atoms with Crippen molar-refractivity contribution in [2.75, 3.05) is 32.7 Å². The quantitative estimate of drug-likeness (QED) is 0.328. The lowest BCUT2D eigenvalue weighted by Crippen LogP contribution is -2.56. The van der Waals surface area contributed by atoms with Crippen LogP contribution in [0.1, 0.15) is 68.1 Å². The zero-order valence-electron chi connectivity index (χ0n) is 23.4. The number of rotatable bonds is 11. The van der Waals surface area contributed by atoms with Crippen molar-refractivity contribution in [3.8, 4) is 0 Å². The van der Waals surface area contributed by atoms with Gasteiger partial charge in [0.05, 0.1) is 0 Å². The molecule has 8 heteroatoms. The van der Waals surface area contributed by atoms with Gasteiger partial charge in [0.2, 0.25) is 17.7 Å². The molecule has 1 atom stereocenters. The molecular formula is C32H42N4O4. The van der Waals surface area contributed by atoms with Crippen LogP contribution in [0.3, 0.4) is 0 Å². The Labute approximate surface area is 237 Å². The smallest absolute Gasteiger partial charge is 0.254 e. The van der Waals surface area contributed by atoms with Crippen LogP contribution >= 0.6 is 0 Å². The maximum absolute atomic E-state index is 13.6. The van der Waals surface area contributed by atoms with Gasteiger partial charge in [0.25, 0.3) is 5.91 Å². The number of amides is 4. The molecular weight excluding hydrogens is 504 g/mol. The molecule has 0 aromatic heterocycles. The van der Waals surface area contributed by atoms with Crippen LogP contribution in [0.4, 0.5) is 0 Å². The van der Waals surface area contributed by atoms with Gasteiger partial charge in [-0.15, -0.1) is 0 Å². The predicted octanol–water partition coefficient (Wildman–Crippen LogP) is 4.05. The molecule has 2 aromatic carbocycles. The highest BCUT2D eigenvalue weighted by molar-refractivity contribution is 6.07. The molecule has 1 saturated heterocycles. The number of nitrogens with one attached hydrogen (secondary N) is 2. The van der Waals surface area contributed by atoms with Crippen LogP contribution in [0.15, 0.2) is 55.1 Å². The second kappa shape index (κ2) is 14.6. The van der Waals surface area contributed by atoms with Gasteiger partial charge in [-0.3, -0.25) is 19.2 Å². The second-order valence-corrected chi connectivity index (χ2v) is 11.0. The van der Waals surface area contributed by atoms with Crippen molar-refractivity contribution in [3.63, 3.8) is 0 Å². The molecule has 2 N–H and O–H groups in total. The maximum Gasteiger partial charge on any atom is 0.254 e. The third kappa shape index (κ3) is 7.93. The van der Waals surface area contributed by atoms with Crippen molar-refractivity contribution in [1.29, 1.82) is 0 Å². The first-order valence-corrected chi connectivity index (χ1v) is 14.7. The van der Waals surface area contributed by atoms with Crippen molar-refractivity contribution in [1.82, 2.24) is 20.4 Å². The van der Waals surface area contributed by atoms with Gasteiger partial charge in [0, 0.05) is 44.7 Å². The second-order valence-electron chi connectivity index (χ2n) is 11.0. The Morgan fingerprint density at radius 1 is 0.900 bits per heavy atom. The molecule has 1 aliphatic carbocycles. The van der Waals surface area contributed by atoms with Gasteiger partial charge >= 0.3 is 0 Å². The van der Waals surface area contributed by atoms with E-state index in [-0.39, 0.29) is 23.6 Å². The Balaban J connectivity index is 1.34. The van der Waals surface area contributed by atoms with E-state index in [0.29, 0.717) is 69.9 Å². The van der Waals surface area contributed by atoms with Gasteiger partial charge in [-0.2, -0.15) is 0 Å². The number of piperazine rings is 1. The topological polar surface area (TPSA) is 98.8 Å².